The van der Waals surface area contributed by atoms with Crippen LogP contribution in [0.2, 0.25) is 0 Å². The molecule has 2 N–H and O–H groups in total. The highest BCUT2D eigenvalue weighted by Gasteiger charge is 2.48. The van der Waals surface area contributed by atoms with E-state index in [0.29, 0.717) is 37.0 Å². The fraction of sp³-hybridized carbons (Fsp3) is 0.625. The first-order valence-corrected chi connectivity index (χ1v) is 8.31. The number of hydrogen-bond donors (Lipinski definition) is 2. The molecule has 0 radical (unpaired) electrons. The highest BCUT2D eigenvalue weighted by Crippen LogP contribution is 2.47. The Labute approximate surface area is 138 Å². The number of piperidine rings is 1. The van der Waals surface area contributed by atoms with Gasteiger partial charge in [-0.2, -0.15) is 5.10 Å². The number of aromatic nitrogens is 4. The number of nitrogens with zero attached hydrogens (tertiary/aromatic N) is 4. The highest BCUT2D eigenvalue weighted by atomic mass is 16.3. The van der Waals surface area contributed by atoms with Crippen molar-refractivity contribution >= 4 is 16.9 Å². The van der Waals surface area contributed by atoms with E-state index in [4.69, 9.17) is 0 Å². The number of carbonyl (C=O) groups is 1. The summed E-state index contributed by atoms with van der Waals surface area (Å²) < 4.78 is 1.43. The summed E-state index contributed by atoms with van der Waals surface area (Å²) in [6.07, 6.45) is 5.72. The molecule has 1 saturated carbocycles. The molecule has 24 heavy (non-hydrogen) atoms. The van der Waals surface area contributed by atoms with Gasteiger partial charge >= 0.3 is 0 Å². The van der Waals surface area contributed by atoms with Crippen molar-refractivity contribution in [2.24, 2.45) is 5.41 Å². The second kappa shape index (κ2) is 5.14. The molecule has 0 atom stereocenters. The predicted octanol–water partition coefficient (Wildman–Crippen LogP) is 0.273. The molecule has 2 aromatic rings. The lowest BCUT2D eigenvalue weighted by Gasteiger charge is -2.39. The van der Waals surface area contributed by atoms with Gasteiger partial charge in [-0.3, -0.25) is 19.3 Å². The minimum atomic E-state index is -0.996. The lowest BCUT2D eigenvalue weighted by molar-refractivity contribution is -0.141. The number of aliphatic hydroxyl groups is 1. The Morgan fingerprint density at radius 1 is 1.33 bits per heavy atom. The Hall–Kier alpha value is -2.22. The van der Waals surface area contributed by atoms with Crippen molar-refractivity contribution in [2.45, 2.75) is 44.8 Å². The van der Waals surface area contributed by atoms with Gasteiger partial charge in [0, 0.05) is 18.5 Å². The summed E-state index contributed by atoms with van der Waals surface area (Å²) >= 11 is 0. The van der Waals surface area contributed by atoms with E-state index in [2.05, 4.69) is 15.2 Å². The number of rotatable bonds is 3. The van der Waals surface area contributed by atoms with E-state index in [1.54, 1.807) is 0 Å². The van der Waals surface area contributed by atoms with Gasteiger partial charge in [-0.05, 0) is 25.7 Å². The molecule has 4 rings (SSSR count). The molecule has 2 aromatic heterocycles. The number of aromatic amines is 1. The summed E-state index contributed by atoms with van der Waals surface area (Å²) in [6, 6.07) is 0. The van der Waals surface area contributed by atoms with Crippen LogP contribution in [0.15, 0.2) is 17.3 Å². The minimum Gasteiger partial charge on any atom is -0.388 e. The maximum Gasteiger partial charge on any atom is 0.264 e. The molecule has 128 valence electrons. The van der Waals surface area contributed by atoms with Crippen molar-refractivity contribution < 1.29 is 9.90 Å². The van der Waals surface area contributed by atoms with Gasteiger partial charge < -0.3 is 10.0 Å². The number of H-pyrrole nitrogens is 1. The zero-order valence-electron chi connectivity index (χ0n) is 13.7. The lowest BCUT2D eigenvalue weighted by Crippen LogP contribution is -2.51. The molecule has 1 aliphatic heterocycles. The average molecular weight is 331 g/mol. The molecule has 3 heterocycles. The zero-order valence-corrected chi connectivity index (χ0v) is 13.7. The van der Waals surface area contributed by atoms with E-state index in [-0.39, 0.29) is 23.4 Å². The third-order valence-electron chi connectivity index (χ3n) is 5.40. The lowest BCUT2D eigenvalue weighted by atomic mass is 9.90. The van der Waals surface area contributed by atoms with Gasteiger partial charge in [0.2, 0.25) is 5.91 Å². The molecule has 2 fully saturated rings. The van der Waals surface area contributed by atoms with Crippen LogP contribution in [-0.4, -0.2) is 54.4 Å². The second-order valence-electron chi connectivity index (χ2n) is 7.39. The van der Waals surface area contributed by atoms with E-state index in [1.807, 2.05) is 11.8 Å². The van der Waals surface area contributed by atoms with Crippen LogP contribution in [0.1, 0.15) is 32.6 Å². The Morgan fingerprint density at radius 2 is 2.04 bits per heavy atom. The second-order valence-corrected chi connectivity index (χ2v) is 7.39. The molecule has 1 saturated heterocycles. The number of hydrogen-bond acceptors (Lipinski definition) is 5. The molecule has 0 spiro atoms. The predicted molar refractivity (Wildman–Crippen MR) is 86.3 cm³/mol. The number of nitrogens with one attached hydrogen (secondary N) is 1. The Kier molecular flexibility index (Phi) is 3.28. The Morgan fingerprint density at radius 3 is 2.71 bits per heavy atom. The topological polar surface area (TPSA) is 104 Å². The Bertz CT molecular complexity index is 843. The zero-order chi connectivity index (χ0) is 16.9. The van der Waals surface area contributed by atoms with Crippen LogP contribution >= 0.6 is 0 Å². The van der Waals surface area contributed by atoms with Crippen LogP contribution in [-0.2, 0) is 11.3 Å². The van der Waals surface area contributed by atoms with Gasteiger partial charge in [0.15, 0.2) is 5.65 Å². The summed E-state index contributed by atoms with van der Waals surface area (Å²) in [5, 5.41) is 17.7. The van der Waals surface area contributed by atoms with Crippen LogP contribution in [0.25, 0.3) is 11.0 Å². The van der Waals surface area contributed by atoms with E-state index in [0.717, 1.165) is 12.8 Å². The molecular formula is C16H21N5O3. The molecule has 1 amide bonds. The summed E-state index contributed by atoms with van der Waals surface area (Å²) in [5.41, 5.74) is -0.945. The van der Waals surface area contributed by atoms with Gasteiger partial charge in [-0.15, -0.1) is 0 Å². The maximum absolute atomic E-state index is 12.4. The number of amides is 1. The minimum absolute atomic E-state index is 0.178. The fourth-order valence-electron chi connectivity index (χ4n) is 3.37. The Balaban J connectivity index is 1.47. The third-order valence-corrected chi connectivity index (χ3v) is 5.40. The van der Waals surface area contributed by atoms with Crippen LogP contribution in [0.3, 0.4) is 0 Å². The quantitative estimate of drug-likeness (QED) is 0.840. The summed E-state index contributed by atoms with van der Waals surface area (Å²) in [6.45, 7) is 3.24. The largest absolute Gasteiger partial charge is 0.388 e. The van der Waals surface area contributed by atoms with Crippen molar-refractivity contribution in [1.82, 2.24) is 24.6 Å². The SMILES string of the molecule is CC1(C(=O)N2CCC(O)(Cn3cnc4[nH]ncc4c3=O)CC2)CC1. The standard InChI is InChI=1S/C16H21N5O3/c1-15(2-3-15)14(23)20-6-4-16(24,5-7-20)9-21-10-17-12-11(13(21)22)8-18-19-12/h8,10,24H,2-7,9H2,1H3,(H,18,19). The molecule has 0 unspecified atom stereocenters. The van der Waals surface area contributed by atoms with Gasteiger partial charge in [0.05, 0.1) is 18.3 Å². The number of likely N-dealkylation sites (tertiary alicyclic amines) is 1. The number of carbonyl (C=O) groups excluding carboxylic acids is 1. The van der Waals surface area contributed by atoms with Gasteiger partial charge in [0.25, 0.3) is 5.56 Å². The number of fused-ring (bicyclic) bond motifs is 1. The van der Waals surface area contributed by atoms with Crippen molar-refractivity contribution in [3.63, 3.8) is 0 Å². The maximum atomic E-state index is 12.4. The first kappa shape index (κ1) is 15.3. The van der Waals surface area contributed by atoms with Gasteiger partial charge in [0.1, 0.15) is 11.7 Å². The smallest absolute Gasteiger partial charge is 0.264 e. The normalized spacial score (nSPS) is 21.8. The van der Waals surface area contributed by atoms with E-state index in [9.17, 15) is 14.7 Å². The average Bonchev–Trinajstić information content (AvgIpc) is 3.13. The van der Waals surface area contributed by atoms with E-state index < -0.39 is 5.60 Å². The van der Waals surface area contributed by atoms with Crippen molar-refractivity contribution in [3.8, 4) is 0 Å². The highest BCUT2D eigenvalue weighted by molar-refractivity contribution is 5.85. The summed E-state index contributed by atoms with van der Waals surface area (Å²) in [5.74, 6) is 0.197. The van der Waals surface area contributed by atoms with Gasteiger partial charge in [-0.1, -0.05) is 6.92 Å². The van der Waals surface area contributed by atoms with Crippen LogP contribution in [0, 0.1) is 5.41 Å². The molecule has 0 aromatic carbocycles. The van der Waals surface area contributed by atoms with Crippen LogP contribution in [0.5, 0.6) is 0 Å². The monoisotopic (exact) mass is 331 g/mol. The molecule has 8 heteroatoms. The van der Waals surface area contributed by atoms with E-state index in [1.165, 1.54) is 17.1 Å². The van der Waals surface area contributed by atoms with Crippen LogP contribution in [0.4, 0.5) is 0 Å². The van der Waals surface area contributed by atoms with Crippen molar-refractivity contribution in [3.05, 3.63) is 22.9 Å². The molecule has 0 bridgehead atoms. The van der Waals surface area contributed by atoms with Gasteiger partial charge in [-0.25, -0.2) is 4.98 Å². The fourth-order valence-corrected chi connectivity index (χ4v) is 3.37. The van der Waals surface area contributed by atoms with Crippen molar-refractivity contribution in [1.29, 1.82) is 0 Å². The summed E-state index contributed by atoms with van der Waals surface area (Å²) in [7, 11) is 0. The van der Waals surface area contributed by atoms with Crippen LogP contribution < -0.4 is 5.56 Å². The molecule has 2 aliphatic rings. The molecule has 8 nitrogen and oxygen atoms in total. The molecule has 1 aliphatic carbocycles. The van der Waals surface area contributed by atoms with E-state index >= 15 is 0 Å². The molecular weight excluding hydrogens is 310 g/mol. The third kappa shape index (κ3) is 2.50. The van der Waals surface area contributed by atoms with Crippen molar-refractivity contribution in [2.75, 3.05) is 13.1 Å². The summed E-state index contributed by atoms with van der Waals surface area (Å²) in [4.78, 5) is 30.8. The first-order chi connectivity index (χ1) is 11.4. The first-order valence-electron chi connectivity index (χ1n) is 8.31.